The van der Waals surface area contributed by atoms with Crippen LogP contribution in [0.15, 0.2) is 30.3 Å². The molecule has 6 nitrogen and oxygen atoms in total. The molecule has 0 bridgehead atoms. The van der Waals surface area contributed by atoms with Crippen molar-refractivity contribution in [3.8, 4) is 5.75 Å². The first-order valence-electron chi connectivity index (χ1n) is 7.93. The molecule has 1 aliphatic rings. The number of anilines is 3. The van der Waals surface area contributed by atoms with Gasteiger partial charge < -0.3 is 19.7 Å². The summed E-state index contributed by atoms with van der Waals surface area (Å²) in [5, 5.41) is 3.26. The van der Waals surface area contributed by atoms with Crippen molar-refractivity contribution in [1.29, 1.82) is 0 Å². The number of aryl methyl sites for hydroxylation is 1. The average Bonchev–Trinajstić information content (AvgIpc) is 2.57. The molecule has 0 unspecified atom stereocenters. The Labute approximate surface area is 136 Å². The Hall–Kier alpha value is -2.34. The average molecular weight is 314 g/mol. The van der Waals surface area contributed by atoms with Gasteiger partial charge in [-0.15, -0.1) is 0 Å². The molecular weight excluding hydrogens is 292 g/mol. The van der Waals surface area contributed by atoms with E-state index in [1.807, 2.05) is 44.2 Å². The van der Waals surface area contributed by atoms with E-state index in [1.54, 1.807) is 0 Å². The van der Waals surface area contributed by atoms with E-state index in [1.165, 1.54) is 0 Å². The summed E-state index contributed by atoms with van der Waals surface area (Å²) < 4.78 is 10.8. The van der Waals surface area contributed by atoms with E-state index in [4.69, 9.17) is 9.47 Å². The van der Waals surface area contributed by atoms with Crippen molar-refractivity contribution < 1.29 is 9.47 Å². The lowest BCUT2D eigenvalue weighted by atomic mass is 10.3. The van der Waals surface area contributed by atoms with E-state index in [0.29, 0.717) is 12.6 Å². The minimum atomic E-state index is 0.607. The highest BCUT2D eigenvalue weighted by Gasteiger charge is 2.14. The summed E-state index contributed by atoms with van der Waals surface area (Å²) in [7, 11) is 0. The first-order valence-corrected chi connectivity index (χ1v) is 7.93. The zero-order valence-corrected chi connectivity index (χ0v) is 13.6. The molecule has 1 N–H and O–H groups in total. The lowest BCUT2D eigenvalue weighted by molar-refractivity contribution is 0.122. The minimum absolute atomic E-state index is 0.607. The Morgan fingerprint density at radius 1 is 1.17 bits per heavy atom. The smallest absolute Gasteiger partial charge is 0.229 e. The van der Waals surface area contributed by atoms with Gasteiger partial charge in [0.2, 0.25) is 5.95 Å². The molecule has 1 aromatic heterocycles. The van der Waals surface area contributed by atoms with Gasteiger partial charge in [-0.2, -0.15) is 4.98 Å². The van der Waals surface area contributed by atoms with Crippen LogP contribution in [0.3, 0.4) is 0 Å². The fraction of sp³-hybridized carbons (Fsp3) is 0.412. The number of nitrogens with zero attached hydrogens (tertiary/aromatic N) is 3. The second-order valence-corrected chi connectivity index (χ2v) is 5.37. The molecule has 0 spiro atoms. The molecule has 1 aliphatic heterocycles. The highest BCUT2D eigenvalue weighted by Crippen LogP contribution is 2.21. The third kappa shape index (κ3) is 4.10. The van der Waals surface area contributed by atoms with Gasteiger partial charge in [0.1, 0.15) is 11.6 Å². The van der Waals surface area contributed by atoms with Crippen molar-refractivity contribution in [2.24, 2.45) is 0 Å². The summed E-state index contributed by atoms with van der Waals surface area (Å²) in [6, 6.07) is 9.81. The second kappa shape index (κ2) is 7.28. The number of rotatable bonds is 5. The quantitative estimate of drug-likeness (QED) is 0.916. The summed E-state index contributed by atoms with van der Waals surface area (Å²) in [5.41, 5.74) is 1.88. The molecule has 1 saturated heterocycles. The first-order chi connectivity index (χ1) is 11.2. The Balaban J connectivity index is 1.75. The van der Waals surface area contributed by atoms with E-state index in [9.17, 15) is 0 Å². The standard InChI is InChI=1S/C17H22N4O2/c1-3-23-15-6-4-14(5-7-15)19-17-18-13(2)12-16(20-17)21-8-10-22-11-9-21/h4-7,12H,3,8-11H2,1-2H3,(H,18,19,20). The highest BCUT2D eigenvalue weighted by molar-refractivity contribution is 5.56. The number of benzene rings is 1. The number of aromatic nitrogens is 2. The van der Waals surface area contributed by atoms with E-state index in [0.717, 1.165) is 49.3 Å². The van der Waals surface area contributed by atoms with Crippen LogP contribution in [0.1, 0.15) is 12.6 Å². The zero-order chi connectivity index (χ0) is 16.1. The van der Waals surface area contributed by atoms with Crippen molar-refractivity contribution >= 4 is 17.5 Å². The number of hydrogen-bond acceptors (Lipinski definition) is 6. The molecule has 0 saturated carbocycles. The summed E-state index contributed by atoms with van der Waals surface area (Å²) >= 11 is 0. The molecule has 0 aliphatic carbocycles. The van der Waals surface area contributed by atoms with Gasteiger partial charge in [-0.3, -0.25) is 0 Å². The van der Waals surface area contributed by atoms with E-state index in [-0.39, 0.29) is 0 Å². The van der Waals surface area contributed by atoms with Crippen LogP contribution in [0.2, 0.25) is 0 Å². The maximum absolute atomic E-state index is 5.45. The van der Waals surface area contributed by atoms with Gasteiger partial charge in [0.05, 0.1) is 19.8 Å². The van der Waals surface area contributed by atoms with Crippen LogP contribution in [0.5, 0.6) is 5.75 Å². The van der Waals surface area contributed by atoms with Gasteiger partial charge in [0.25, 0.3) is 0 Å². The van der Waals surface area contributed by atoms with E-state index < -0.39 is 0 Å². The van der Waals surface area contributed by atoms with Gasteiger partial charge in [-0.1, -0.05) is 0 Å². The molecule has 2 aromatic rings. The molecule has 1 aromatic carbocycles. The van der Waals surface area contributed by atoms with Crippen molar-refractivity contribution in [2.75, 3.05) is 43.1 Å². The monoisotopic (exact) mass is 314 g/mol. The van der Waals surface area contributed by atoms with Crippen LogP contribution in [0, 0.1) is 6.92 Å². The van der Waals surface area contributed by atoms with Gasteiger partial charge in [0, 0.05) is 30.5 Å². The molecule has 0 amide bonds. The normalized spacial score (nSPS) is 14.6. The lowest BCUT2D eigenvalue weighted by Gasteiger charge is -2.28. The third-order valence-electron chi connectivity index (χ3n) is 3.60. The summed E-state index contributed by atoms with van der Waals surface area (Å²) in [4.78, 5) is 11.3. The summed E-state index contributed by atoms with van der Waals surface area (Å²) in [5.74, 6) is 2.40. The largest absolute Gasteiger partial charge is 0.494 e. The van der Waals surface area contributed by atoms with Crippen LogP contribution in [-0.2, 0) is 4.74 Å². The molecule has 23 heavy (non-hydrogen) atoms. The fourth-order valence-electron chi connectivity index (χ4n) is 2.49. The molecule has 0 radical (unpaired) electrons. The second-order valence-electron chi connectivity index (χ2n) is 5.37. The van der Waals surface area contributed by atoms with Crippen LogP contribution < -0.4 is 15.0 Å². The zero-order valence-electron chi connectivity index (χ0n) is 13.6. The van der Waals surface area contributed by atoms with Crippen LogP contribution in [0.4, 0.5) is 17.5 Å². The van der Waals surface area contributed by atoms with Crippen molar-refractivity contribution in [1.82, 2.24) is 9.97 Å². The summed E-state index contributed by atoms with van der Waals surface area (Å²) in [6.45, 7) is 7.82. The molecule has 6 heteroatoms. The topological polar surface area (TPSA) is 59.5 Å². The van der Waals surface area contributed by atoms with Gasteiger partial charge in [-0.05, 0) is 38.1 Å². The molecule has 0 atom stereocenters. The molecule has 1 fully saturated rings. The number of nitrogens with one attached hydrogen (secondary N) is 1. The van der Waals surface area contributed by atoms with Gasteiger partial charge >= 0.3 is 0 Å². The Morgan fingerprint density at radius 2 is 1.91 bits per heavy atom. The van der Waals surface area contributed by atoms with E-state index in [2.05, 4.69) is 20.2 Å². The Kier molecular flexibility index (Phi) is 4.92. The van der Waals surface area contributed by atoms with Crippen molar-refractivity contribution in [2.45, 2.75) is 13.8 Å². The van der Waals surface area contributed by atoms with E-state index >= 15 is 0 Å². The van der Waals surface area contributed by atoms with Crippen LogP contribution in [-0.4, -0.2) is 42.9 Å². The van der Waals surface area contributed by atoms with Gasteiger partial charge in [0.15, 0.2) is 0 Å². The van der Waals surface area contributed by atoms with Gasteiger partial charge in [-0.25, -0.2) is 4.98 Å². The highest BCUT2D eigenvalue weighted by atomic mass is 16.5. The molecular formula is C17H22N4O2. The molecule has 2 heterocycles. The minimum Gasteiger partial charge on any atom is -0.494 e. The number of hydrogen-bond donors (Lipinski definition) is 1. The third-order valence-corrected chi connectivity index (χ3v) is 3.60. The lowest BCUT2D eigenvalue weighted by Crippen LogP contribution is -2.36. The summed E-state index contributed by atoms with van der Waals surface area (Å²) in [6.07, 6.45) is 0. The predicted molar refractivity (Wildman–Crippen MR) is 90.7 cm³/mol. The SMILES string of the molecule is CCOc1ccc(Nc2nc(C)cc(N3CCOCC3)n2)cc1. The Morgan fingerprint density at radius 3 is 2.61 bits per heavy atom. The van der Waals surface area contributed by atoms with Crippen LogP contribution in [0.25, 0.3) is 0 Å². The maximum Gasteiger partial charge on any atom is 0.229 e. The molecule has 122 valence electrons. The Bertz CT molecular complexity index is 640. The number of morpholine rings is 1. The fourth-order valence-corrected chi connectivity index (χ4v) is 2.49. The van der Waals surface area contributed by atoms with Crippen molar-refractivity contribution in [3.05, 3.63) is 36.0 Å². The molecule has 3 rings (SSSR count). The van der Waals surface area contributed by atoms with Crippen LogP contribution >= 0.6 is 0 Å². The maximum atomic E-state index is 5.45. The first kappa shape index (κ1) is 15.6. The predicted octanol–water partition coefficient (Wildman–Crippen LogP) is 2.76. The number of ether oxygens (including phenoxy) is 2. The van der Waals surface area contributed by atoms with Crippen molar-refractivity contribution in [3.63, 3.8) is 0 Å².